The van der Waals surface area contributed by atoms with Crippen molar-refractivity contribution in [2.24, 2.45) is 5.92 Å². The molecule has 1 N–H and O–H groups in total. The Hall–Kier alpha value is -3.68. The summed E-state index contributed by atoms with van der Waals surface area (Å²) in [7, 11) is 0. The van der Waals surface area contributed by atoms with Crippen LogP contribution in [-0.2, 0) is 23.9 Å². The predicted molar refractivity (Wildman–Crippen MR) is 118 cm³/mol. The number of benzene rings is 2. The van der Waals surface area contributed by atoms with E-state index in [9.17, 15) is 19.2 Å². The van der Waals surface area contributed by atoms with Crippen LogP contribution in [0.3, 0.4) is 0 Å². The quantitative estimate of drug-likeness (QED) is 0.667. The van der Waals surface area contributed by atoms with E-state index in [0.29, 0.717) is 11.3 Å². The number of amides is 2. The van der Waals surface area contributed by atoms with Gasteiger partial charge in [-0.1, -0.05) is 12.1 Å². The summed E-state index contributed by atoms with van der Waals surface area (Å²) < 4.78 is 10.0. The fourth-order valence-electron chi connectivity index (χ4n) is 3.46. The van der Waals surface area contributed by atoms with E-state index in [4.69, 9.17) is 9.47 Å². The van der Waals surface area contributed by atoms with Gasteiger partial charge in [-0.25, -0.2) is 4.79 Å². The van der Waals surface area contributed by atoms with Crippen LogP contribution in [0.2, 0.25) is 0 Å². The molecule has 32 heavy (non-hydrogen) atoms. The number of nitrogens with zero attached hydrogens (tertiary/aromatic N) is 1. The average molecular weight is 438 g/mol. The van der Waals surface area contributed by atoms with Crippen molar-refractivity contribution in [1.82, 2.24) is 0 Å². The van der Waals surface area contributed by atoms with Crippen molar-refractivity contribution in [3.8, 4) is 0 Å². The minimum Gasteiger partial charge on any atom is -0.462 e. The molecule has 168 valence electrons. The van der Waals surface area contributed by atoms with Crippen LogP contribution < -0.4 is 10.2 Å². The summed E-state index contributed by atoms with van der Waals surface area (Å²) in [6.45, 7) is 5.61. The Morgan fingerprint density at radius 1 is 1.06 bits per heavy atom. The zero-order valence-electron chi connectivity index (χ0n) is 18.3. The largest absolute Gasteiger partial charge is 0.462 e. The molecule has 1 fully saturated rings. The Balaban J connectivity index is 1.51. The molecule has 8 nitrogen and oxygen atoms in total. The first-order valence-electron chi connectivity index (χ1n) is 10.4. The lowest BCUT2D eigenvalue weighted by molar-refractivity contribution is -0.151. The summed E-state index contributed by atoms with van der Waals surface area (Å²) in [5.74, 6) is -2.32. The standard InChI is InChI=1S/C24H26N2O6/c1-4-31-23(29)17-7-9-19(10-8-17)25-21(27)14-32-24(30)18-12-22(28)26(13-18)20-11-15(2)5-6-16(20)3/h5-11,18H,4,12-14H2,1-3H3,(H,25,27)/t18-/m1/s1. The molecule has 0 aromatic heterocycles. The van der Waals surface area contributed by atoms with Crippen molar-refractivity contribution in [3.63, 3.8) is 0 Å². The van der Waals surface area contributed by atoms with Gasteiger partial charge in [0.05, 0.1) is 18.1 Å². The third-order valence-electron chi connectivity index (χ3n) is 5.14. The third kappa shape index (κ3) is 5.51. The Bertz CT molecular complexity index is 1030. The molecule has 1 aliphatic heterocycles. The van der Waals surface area contributed by atoms with Gasteiger partial charge in [-0.05, 0) is 62.2 Å². The van der Waals surface area contributed by atoms with Crippen LogP contribution in [0.5, 0.6) is 0 Å². The summed E-state index contributed by atoms with van der Waals surface area (Å²) in [6.07, 6.45) is 0.0448. The summed E-state index contributed by atoms with van der Waals surface area (Å²) >= 11 is 0. The number of hydrogen-bond acceptors (Lipinski definition) is 6. The van der Waals surface area contributed by atoms with E-state index in [1.165, 1.54) is 12.1 Å². The molecule has 2 amide bonds. The van der Waals surface area contributed by atoms with Gasteiger partial charge in [-0.15, -0.1) is 0 Å². The topological polar surface area (TPSA) is 102 Å². The van der Waals surface area contributed by atoms with E-state index in [1.807, 2.05) is 32.0 Å². The Kier molecular flexibility index (Phi) is 7.25. The van der Waals surface area contributed by atoms with Crippen LogP contribution in [-0.4, -0.2) is 43.5 Å². The number of rotatable bonds is 7. The zero-order valence-corrected chi connectivity index (χ0v) is 18.3. The van der Waals surface area contributed by atoms with Crippen molar-refractivity contribution in [2.45, 2.75) is 27.2 Å². The number of esters is 2. The van der Waals surface area contributed by atoms with E-state index in [-0.39, 0.29) is 25.5 Å². The molecule has 1 saturated heterocycles. The third-order valence-corrected chi connectivity index (χ3v) is 5.14. The van der Waals surface area contributed by atoms with Gasteiger partial charge in [0, 0.05) is 24.3 Å². The van der Waals surface area contributed by atoms with Gasteiger partial charge in [0.15, 0.2) is 6.61 Å². The second kappa shape index (κ2) is 10.1. The SMILES string of the molecule is CCOC(=O)c1ccc(NC(=O)COC(=O)[C@@H]2CC(=O)N(c3cc(C)ccc3C)C2)cc1. The van der Waals surface area contributed by atoms with E-state index in [0.717, 1.165) is 16.8 Å². The van der Waals surface area contributed by atoms with Gasteiger partial charge >= 0.3 is 11.9 Å². The predicted octanol–water partition coefficient (Wildman–Crippen LogP) is 3.01. The van der Waals surface area contributed by atoms with Crippen LogP contribution in [0.15, 0.2) is 42.5 Å². The van der Waals surface area contributed by atoms with Gasteiger partial charge in [-0.3, -0.25) is 14.4 Å². The minimum atomic E-state index is -0.626. The van der Waals surface area contributed by atoms with Crippen molar-refractivity contribution in [3.05, 3.63) is 59.2 Å². The molecule has 0 spiro atoms. The van der Waals surface area contributed by atoms with Gasteiger partial charge in [0.1, 0.15) is 0 Å². The number of carbonyl (C=O) groups excluding carboxylic acids is 4. The monoisotopic (exact) mass is 438 g/mol. The molecule has 1 heterocycles. The first-order valence-corrected chi connectivity index (χ1v) is 10.4. The van der Waals surface area contributed by atoms with Crippen molar-refractivity contribution in [1.29, 1.82) is 0 Å². The first kappa shape index (κ1) is 23.0. The van der Waals surface area contributed by atoms with Crippen LogP contribution in [0.25, 0.3) is 0 Å². The number of anilines is 2. The lowest BCUT2D eigenvalue weighted by Crippen LogP contribution is -2.28. The fraction of sp³-hybridized carbons (Fsp3) is 0.333. The number of hydrogen-bond donors (Lipinski definition) is 1. The molecule has 0 aliphatic carbocycles. The molecule has 0 bridgehead atoms. The van der Waals surface area contributed by atoms with Gasteiger partial charge < -0.3 is 19.7 Å². The van der Waals surface area contributed by atoms with E-state index in [1.54, 1.807) is 24.0 Å². The highest BCUT2D eigenvalue weighted by atomic mass is 16.5. The molecular formula is C24H26N2O6. The van der Waals surface area contributed by atoms with E-state index < -0.39 is 30.4 Å². The number of aryl methyl sites for hydroxylation is 2. The van der Waals surface area contributed by atoms with Crippen molar-refractivity contribution in [2.75, 3.05) is 30.0 Å². The molecule has 3 rings (SSSR count). The maximum Gasteiger partial charge on any atom is 0.338 e. The summed E-state index contributed by atoms with van der Waals surface area (Å²) in [4.78, 5) is 50.3. The van der Waals surface area contributed by atoms with Crippen LogP contribution >= 0.6 is 0 Å². The highest BCUT2D eigenvalue weighted by Crippen LogP contribution is 2.29. The Morgan fingerprint density at radius 3 is 2.47 bits per heavy atom. The number of nitrogens with one attached hydrogen (secondary N) is 1. The number of ether oxygens (including phenoxy) is 2. The normalized spacial score (nSPS) is 15.4. The van der Waals surface area contributed by atoms with Crippen LogP contribution in [0.1, 0.15) is 34.8 Å². The molecule has 0 unspecified atom stereocenters. The molecule has 2 aromatic rings. The maximum atomic E-state index is 12.5. The Morgan fingerprint density at radius 2 is 1.78 bits per heavy atom. The highest BCUT2D eigenvalue weighted by Gasteiger charge is 2.36. The second-order valence-corrected chi connectivity index (χ2v) is 7.65. The lowest BCUT2D eigenvalue weighted by Gasteiger charge is -2.19. The maximum absolute atomic E-state index is 12.5. The molecule has 0 radical (unpaired) electrons. The molecule has 8 heteroatoms. The molecular weight excluding hydrogens is 412 g/mol. The molecule has 1 aliphatic rings. The summed E-state index contributed by atoms with van der Waals surface area (Å²) in [5, 5.41) is 2.60. The second-order valence-electron chi connectivity index (χ2n) is 7.65. The molecule has 1 atom stereocenters. The van der Waals surface area contributed by atoms with Crippen molar-refractivity contribution >= 4 is 35.1 Å². The smallest absolute Gasteiger partial charge is 0.338 e. The first-order chi connectivity index (χ1) is 15.3. The molecule has 0 saturated carbocycles. The van der Waals surface area contributed by atoms with E-state index in [2.05, 4.69) is 5.32 Å². The van der Waals surface area contributed by atoms with Crippen molar-refractivity contribution < 1.29 is 28.7 Å². The number of carbonyl (C=O) groups is 4. The average Bonchev–Trinajstić information content (AvgIpc) is 3.16. The lowest BCUT2D eigenvalue weighted by atomic mass is 10.1. The Labute approximate surface area is 186 Å². The van der Waals surface area contributed by atoms with Gasteiger partial charge in [0.25, 0.3) is 5.91 Å². The zero-order chi connectivity index (χ0) is 23.3. The minimum absolute atomic E-state index is 0.0448. The molecule has 2 aromatic carbocycles. The summed E-state index contributed by atoms with van der Waals surface area (Å²) in [6, 6.07) is 12.0. The fourth-order valence-corrected chi connectivity index (χ4v) is 3.46. The summed E-state index contributed by atoms with van der Waals surface area (Å²) in [5.41, 5.74) is 3.59. The van der Waals surface area contributed by atoms with Crippen LogP contribution in [0.4, 0.5) is 11.4 Å². The van der Waals surface area contributed by atoms with Gasteiger partial charge in [0.2, 0.25) is 5.91 Å². The highest BCUT2D eigenvalue weighted by molar-refractivity contribution is 6.00. The van der Waals surface area contributed by atoms with Gasteiger partial charge in [-0.2, -0.15) is 0 Å². The van der Waals surface area contributed by atoms with E-state index >= 15 is 0 Å². The van der Waals surface area contributed by atoms with Crippen LogP contribution in [0, 0.1) is 19.8 Å².